The van der Waals surface area contributed by atoms with Gasteiger partial charge >= 0.3 is 5.97 Å². The number of benzene rings is 3. The molecule has 8 heteroatoms. The minimum atomic E-state index is -0.639. The molecule has 2 heterocycles. The van der Waals surface area contributed by atoms with Crippen molar-refractivity contribution in [2.75, 3.05) is 13.2 Å². The molecule has 0 saturated carbocycles. The van der Waals surface area contributed by atoms with E-state index in [0.29, 0.717) is 45.3 Å². The summed E-state index contributed by atoms with van der Waals surface area (Å²) < 4.78 is 19.5. The maximum Gasteiger partial charge on any atom is 0.338 e. The van der Waals surface area contributed by atoms with Crippen LogP contribution in [0.1, 0.15) is 54.6 Å². The zero-order chi connectivity index (χ0) is 29.8. The first-order chi connectivity index (χ1) is 20.3. The maximum absolute atomic E-state index is 13.9. The molecule has 0 fully saturated rings. The summed E-state index contributed by atoms with van der Waals surface area (Å²) in [4.78, 5) is 32.2. The van der Waals surface area contributed by atoms with Crippen LogP contribution in [0.2, 0.25) is 0 Å². The van der Waals surface area contributed by atoms with Crippen LogP contribution in [-0.4, -0.2) is 23.8 Å². The van der Waals surface area contributed by atoms with Gasteiger partial charge in [-0.25, -0.2) is 9.79 Å². The third-order valence-electron chi connectivity index (χ3n) is 6.95. The van der Waals surface area contributed by atoms with Gasteiger partial charge < -0.3 is 14.2 Å². The lowest BCUT2D eigenvalue weighted by Crippen LogP contribution is -2.39. The van der Waals surface area contributed by atoms with Gasteiger partial charge in [0.05, 0.1) is 35.1 Å². The quantitative estimate of drug-likeness (QED) is 0.247. The van der Waals surface area contributed by atoms with E-state index < -0.39 is 12.0 Å². The summed E-state index contributed by atoms with van der Waals surface area (Å²) in [6.45, 7) is 10.6. The number of allylic oxidation sites excluding steroid dienone is 1. The van der Waals surface area contributed by atoms with Crippen molar-refractivity contribution in [2.24, 2.45) is 4.99 Å². The molecular weight excluding hydrogens is 548 g/mol. The average Bonchev–Trinajstić information content (AvgIpc) is 3.26. The molecule has 0 N–H and O–H groups in total. The van der Waals surface area contributed by atoms with Gasteiger partial charge in [-0.3, -0.25) is 9.36 Å². The summed E-state index contributed by atoms with van der Waals surface area (Å²) in [5, 5.41) is 0. The van der Waals surface area contributed by atoms with Crippen molar-refractivity contribution in [3.8, 4) is 11.5 Å². The van der Waals surface area contributed by atoms with Gasteiger partial charge in [0.2, 0.25) is 0 Å². The first kappa shape index (κ1) is 29.1. The summed E-state index contributed by atoms with van der Waals surface area (Å²) >= 11 is 1.29. The molecule has 42 heavy (non-hydrogen) atoms. The Morgan fingerprint density at radius 2 is 1.71 bits per heavy atom. The molecule has 0 unspecified atom stereocenters. The van der Waals surface area contributed by atoms with Crippen molar-refractivity contribution >= 4 is 23.4 Å². The van der Waals surface area contributed by atoms with E-state index in [9.17, 15) is 9.59 Å². The molecule has 0 aliphatic carbocycles. The van der Waals surface area contributed by atoms with Crippen LogP contribution in [0.25, 0.3) is 6.08 Å². The Morgan fingerprint density at radius 1 is 0.929 bits per heavy atom. The van der Waals surface area contributed by atoms with E-state index in [-0.39, 0.29) is 12.2 Å². The van der Waals surface area contributed by atoms with E-state index in [2.05, 4.69) is 24.0 Å². The van der Waals surface area contributed by atoms with E-state index in [1.165, 1.54) is 16.9 Å². The molecule has 1 atom stereocenters. The molecular formula is C34H34N2O5S. The van der Waals surface area contributed by atoms with E-state index in [4.69, 9.17) is 14.2 Å². The van der Waals surface area contributed by atoms with E-state index in [1.54, 1.807) is 18.4 Å². The molecule has 1 aromatic heterocycles. The van der Waals surface area contributed by atoms with E-state index in [0.717, 1.165) is 22.3 Å². The predicted molar refractivity (Wildman–Crippen MR) is 165 cm³/mol. The Morgan fingerprint density at radius 3 is 2.43 bits per heavy atom. The molecule has 216 valence electrons. The number of carbonyl (C=O) groups is 1. The number of nitrogens with zero attached hydrogens (tertiary/aromatic N) is 2. The lowest BCUT2D eigenvalue weighted by atomic mass is 9.95. The number of rotatable bonds is 9. The minimum Gasteiger partial charge on any atom is -0.490 e. The number of esters is 1. The van der Waals surface area contributed by atoms with Gasteiger partial charge in [0, 0.05) is 0 Å². The number of thiazole rings is 1. The van der Waals surface area contributed by atoms with Crippen LogP contribution in [-0.2, 0) is 16.1 Å². The van der Waals surface area contributed by atoms with E-state index >= 15 is 0 Å². The highest BCUT2D eigenvalue weighted by atomic mass is 32.1. The molecule has 0 bridgehead atoms. The fourth-order valence-electron chi connectivity index (χ4n) is 4.97. The summed E-state index contributed by atoms with van der Waals surface area (Å²) in [6, 6.07) is 21.0. The molecule has 0 amide bonds. The second-order valence-corrected chi connectivity index (χ2v) is 11.1. The van der Waals surface area contributed by atoms with Crippen molar-refractivity contribution in [3.63, 3.8) is 0 Å². The second kappa shape index (κ2) is 12.6. The van der Waals surface area contributed by atoms with Crippen LogP contribution in [0, 0.1) is 13.8 Å². The van der Waals surface area contributed by atoms with Gasteiger partial charge in [-0.2, -0.15) is 0 Å². The molecule has 3 aromatic carbocycles. The lowest BCUT2D eigenvalue weighted by molar-refractivity contribution is -0.139. The van der Waals surface area contributed by atoms with Crippen molar-refractivity contribution in [3.05, 3.63) is 126 Å². The SMILES string of the molecule is CCOC(=O)C1=C(C)N=c2s/c(=C/c3ccc(OCc4cccc(C)c4)c(OCC)c3)c(=O)n2[C@H]1c1ccc(C)cc1. The highest BCUT2D eigenvalue weighted by Gasteiger charge is 2.33. The predicted octanol–water partition coefficient (Wildman–Crippen LogP) is 5.39. The van der Waals surface area contributed by atoms with E-state index in [1.807, 2.05) is 74.5 Å². The Labute approximate surface area is 249 Å². The smallest absolute Gasteiger partial charge is 0.338 e. The van der Waals surface area contributed by atoms with Gasteiger partial charge in [0.15, 0.2) is 16.3 Å². The molecule has 1 aliphatic rings. The number of aryl methyl sites for hydroxylation is 2. The Balaban J connectivity index is 1.55. The van der Waals surface area contributed by atoms with Gasteiger partial charge in [-0.1, -0.05) is 77.1 Å². The van der Waals surface area contributed by atoms with Crippen molar-refractivity contribution in [1.29, 1.82) is 0 Å². The zero-order valence-electron chi connectivity index (χ0n) is 24.5. The fraction of sp³-hybridized carbons (Fsp3) is 0.265. The normalized spacial score (nSPS) is 14.8. The Kier molecular flexibility index (Phi) is 8.73. The van der Waals surface area contributed by atoms with Gasteiger partial charge in [-0.15, -0.1) is 0 Å². The number of hydrogen-bond donors (Lipinski definition) is 0. The number of aromatic nitrogens is 1. The van der Waals surface area contributed by atoms with Crippen LogP contribution in [0.5, 0.6) is 11.5 Å². The van der Waals surface area contributed by atoms with Crippen LogP contribution >= 0.6 is 11.3 Å². The number of ether oxygens (including phenoxy) is 3. The molecule has 7 nitrogen and oxygen atoms in total. The molecule has 0 saturated heterocycles. The summed E-state index contributed by atoms with van der Waals surface area (Å²) in [5.41, 5.74) is 5.63. The third kappa shape index (κ3) is 6.09. The Hall–Kier alpha value is -4.43. The zero-order valence-corrected chi connectivity index (χ0v) is 25.3. The average molecular weight is 583 g/mol. The summed E-state index contributed by atoms with van der Waals surface area (Å²) in [6.07, 6.45) is 1.83. The van der Waals surface area contributed by atoms with Gasteiger partial charge in [0.1, 0.15) is 6.61 Å². The molecule has 0 spiro atoms. The number of carbonyl (C=O) groups excluding carboxylic acids is 1. The monoisotopic (exact) mass is 582 g/mol. The molecule has 5 rings (SSSR count). The number of hydrogen-bond acceptors (Lipinski definition) is 7. The van der Waals surface area contributed by atoms with Gasteiger partial charge in [0.25, 0.3) is 5.56 Å². The molecule has 1 aliphatic heterocycles. The molecule has 0 radical (unpaired) electrons. The van der Waals surface area contributed by atoms with Gasteiger partial charge in [-0.05, 0) is 69.5 Å². The second-order valence-electron chi connectivity index (χ2n) is 10.1. The van der Waals surface area contributed by atoms with Crippen molar-refractivity contribution < 1.29 is 19.0 Å². The van der Waals surface area contributed by atoms with Crippen LogP contribution < -0.4 is 24.4 Å². The van der Waals surface area contributed by atoms with Crippen LogP contribution in [0.3, 0.4) is 0 Å². The fourth-order valence-corrected chi connectivity index (χ4v) is 6.02. The van der Waals surface area contributed by atoms with Crippen LogP contribution in [0.4, 0.5) is 0 Å². The highest BCUT2D eigenvalue weighted by Crippen LogP contribution is 2.32. The Bertz CT molecular complexity index is 1830. The minimum absolute atomic E-state index is 0.226. The number of fused-ring (bicyclic) bond motifs is 1. The van der Waals surface area contributed by atoms with Crippen molar-refractivity contribution in [1.82, 2.24) is 4.57 Å². The summed E-state index contributed by atoms with van der Waals surface area (Å²) in [7, 11) is 0. The maximum atomic E-state index is 13.9. The highest BCUT2D eigenvalue weighted by molar-refractivity contribution is 7.07. The van der Waals surface area contributed by atoms with Crippen molar-refractivity contribution in [2.45, 2.75) is 47.3 Å². The first-order valence-electron chi connectivity index (χ1n) is 14.0. The van der Waals surface area contributed by atoms with Crippen LogP contribution in [0.15, 0.2) is 87.8 Å². The summed E-state index contributed by atoms with van der Waals surface area (Å²) in [5.74, 6) is 0.761. The lowest BCUT2D eigenvalue weighted by Gasteiger charge is -2.24. The topological polar surface area (TPSA) is 79.1 Å². The first-order valence-corrected chi connectivity index (χ1v) is 14.8. The molecule has 4 aromatic rings. The third-order valence-corrected chi connectivity index (χ3v) is 7.94. The largest absolute Gasteiger partial charge is 0.490 e. The standard InChI is InChI=1S/C34H34N2O5S/c1-6-39-28-18-24(13-16-27(28)41-20-25-10-8-9-22(4)17-25)19-29-32(37)36-31(26-14-11-21(3)12-15-26)30(33(38)40-7-2)23(5)35-34(36)42-29/h8-19,31H,6-7,20H2,1-5H3/b29-19+/t31-/m0/s1.